The van der Waals surface area contributed by atoms with E-state index in [1.807, 2.05) is 18.2 Å². The van der Waals surface area contributed by atoms with E-state index in [4.69, 9.17) is 4.74 Å². The Morgan fingerprint density at radius 2 is 2.12 bits per heavy atom. The molecule has 0 fully saturated rings. The fourth-order valence-electron chi connectivity index (χ4n) is 2.39. The number of fused-ring (bicyclic) bond motifs is 1. The van der Waals surface area contributed by atoms with Gasteiger partial charge in [-0.1, -0.05) is 50.8 Å². The van der Waals surface area contributed by atoms with E-state index in [1.165, 1.54) is 24.8 Å². The quantitative estimate of drug-likeness (QED) is 0.765. The van der Waals surface area contributed by atoms with E-state index in [0.29, 0.717) is 0 Å². The molecule has 1 heterocycles. The predicted octanol–water partition coefficient (Wildman–Crippen LogP) is 3.32. The fourth-order valence-corrected chi connectivity index (χ4v) is 2.39. The summed E-state index contributed by atoms with van der Waals surface area (Å²) in [4.78, 5) is 0. The van der Waals surface area contributed by atoms with Crippen LogP contribution in [-0.2, 0) is 6.42 Å². The molecule has 1 aliphatic rings. The molecule has 0 aromatic heterocycles. The number of aliphatic hydroxyl groups is 1. The minimum atomic E-state index is -0.320. The van der Waals surface area contributed by atoms with E-state index in [2.05, 4.69) is 13.0 Å². The number of benzene rings is 1. The van der Waals surface area contributed by atoms with Gasteiger partial charge in [0.15, 0.2) is 0 Å². The van der Waals surface area contributed by atoms with Gasteiger partial charge in [0, 0.05) is 6.42 Å². The molecule has 0 amide bonds. The fraction of sp³-hybridized carbons (Fsp3) is 0.600. The van der Waals surface area contributed by atoms with Crippen LogP contribution in [0.3, 0.4) is 0 Å². The second kappa shape index (κ2) is 6.06. The van der Waals surface area contributed by atoms with Gasteiger partial charge in [0.05, 0.1) is 6.10 Å². The zero-order chi connectivity index (χ0) is 12.1. The SMILES string of the molecule is CCCCCCC(O)C1Cc2ccccc2O1. The van der Waals surface area contributed by atoms with E-state index in [9.17, 15) is 5.11 Å². The number of unbranched alkanes of at least 4 members (excludes halogenated alkanes) is 3. The molecular weight excluding hydrogens is 212 g/mol. The first-order valence-corrected chi connectivity index (χ1v) is 6.74. The third kappa shape index (κ3) is 3.22. The number of ether oxygens (including phenoxy) is 1. The molecule has 1 aromatic carbocycles. The van der Waals surface area contributed by atoms with E-state index in [-0.39, 0.29) is 12.2 Å². The lowest BCUT2D eigenvalue weighted by atomic mass is 10.0. The summed E-state index contributed by atoms with van der Waals surface area (Å²) in [5, 5.41) is 10.1. The van der Waals surface area contributed by atoms with E-state index in [0.717, 1.165) is 25.0 Å². The minimum Gasteiger partial charge on any atom is -0.487 e. The predicted molar refractivity (Wildman–Crippen MR) is 69.3 cm³/mol. The van der Waals surface area contributed by atoms with E-state index < -0.39 is 0 Å². The van der Waals surface area contributed by atoms with Crippen LogP contribution in [0.15, 0.2) is 24.3 Å². The maximum absolute atomic E-state index is 10.1. The van der Waals surface area contributed by atoms with Gasteiger partial charge in [0.2, 0.25) is 0 Å². The summed E-state index contributed by atoms with van der Waals surface area (Å²) < 4.78 is 5.78. The monoisotopic (exact) mass is 234 g/mol. The molecule has 94 valence electrons. The number of rotatable bonds is 6. The normalized spacial score (nSPS) is 19.8. The van der Waals surface area contributed by atoms with Crippen molar-refractivity contribution >= 4 is 0 Å². The maximum atomic E-state index is 10.1. The van der Waals surface area contributed by atoms with Crippen LogP contribution in [0.5, 0.6) is 5.75 Å². The molecular formula is C15H22O2. The standard InChI is InChI=1S/C15H22O2/c1-2-3-4-5-9-13(16)15-11-12-8-6-7-10-14(12)17-15/h6-8,10,13,15-16H,2-5,9,11H2,1H3. The zero-order valence-electron chi connectivity index (χ0n) is 10.6. The maximum Gasteiger partial charge on any atom is 0.129 e. The first kappa shape index (κ1) is 12.4. The van der Waals surface area contributed by atoms with Crippen LogP contribution in [0.1, 0.15) is 44.6 Å². The van der Waals surface area contributed by atoms with Crippen LogP contribution in [0.25, 0.3) is 0 Å². The lowest BCUT2D eigenvalue weighted by Crippen LogP contribution is -2.30. The molecule has 1 N–H and O–H groups in total. The smallest absolute Gasteiger partial charge is 0.129 e. The molecule has 0 saturated heterocycles. The summed E-state index contributed by atoms with van der Waals surface area (Å²) in [5.74, 6) is 0.949. The highest BCUT2D eigenvalue weighted by molar-refractivity contribution is 5.37. The number of para-hydroxylation sites is 1. The van der Waals surface area contributed by atoms with Crippen molar-refractivity contribution in [3.05, 3.63) is 29.8 Å². The Hall–Kier alpha value is -1.02. The molecule has 17 heavy (non-hydrogen) atoms. The van der Waals surface area contributed by atoms with Crippen LogP contribution in [0, 0.1) is 0 Å². The van der Waals surface area contributed by atoms with Gasteiger partial charge in [-0.2, -0.15) is 0 Å². The summed E-state index contributed by atoms with van der Waals surface area (Å²) in [6.45, 7) is 2.20. The summed E-state index contributed by atoms with van der Waals surface area (Å²) in [5.41, 5.74) is 1.23. The van der Waals surface area contributed by atoms with Gasteiger partial charge in [-0.3, -0.25) is 0 Å². The Morgan fingerprint density at radius 1 is 1.29 bits per heavy atom. The highest BCUT2D eigenvalue weighted by Crippen LogP contribution is 2.30. The molecule has 2 unspecified atom stereocenters. The average molecular weight is 234 g/mol. The van der Waals surface area contributed by atoms with Crippen molar-refractivity contribution in [2.45, 2.75) is 57.7 Å². The molecule has 2 nitrogen and oxygen atoms in total. The van der Waals surface area contributed by atoms with Crippen molar-refractivity contribution < 1.29 is 9.84 Å². The second-order valence-corrected chi connectivity index (χ2v) is 4.88. The van der Waals surface area contributed by atoms with Crippen LogP contribution >= 0.6 is 0 Å². The van der Waals surface area contributed by atoms with Crippen molar-refractivity contribution in [3.63, 3.8) is 0 Å². The van der Waals surface area contributed by atoms with Crippen LogP contribution < -0.4 is 4.74 Å². The molecule has 0 aliphatic carbocycles. The Morgan fingerprint density at radius 3 is 2.88 bits per heavy atom. The van der Waals surface area contributed by atoms with E-state index in [1.54, 1.807) is 0 Å². The molecule has 0 bridgehead atoms. The van der Waals surface area contributed by atoms with Gasteiger partial charge in [-0.15, -0.1) is 0 Å². The number of hydrogen-bond donors (Lipinski definition) is 1. The van der Waals surface area contributed by atoms with Crippen molar-refractivity contribution in [1.82, 2.24) is 0 Å². The number of hydrogen-bond acceptors (Lipinski definition) is 2. The highest BCUT2D eigenvalue weighted by Gasteiger charge is 2.28. The lowest BCUT2D eigenvalue weighted by Gasteiger charge is -2.17. The summed E-state index contributed by atoms with van der Waals surface area (Å²) in [7, 11) is 0. The summed E-state index contributed by atoms with van der Waals surface area (Å²) in [6.07, 6.45) is 6.18. The first-order chi connectivity index (χ1) is 8.31. The van der Waals surface area contributed by atoms with Crippen molar-refractivity contribution in [2.24, 2.45) is 0 Å². The van der Waals surface area contributed by atoms with Gasteiger partial charge in [-0.25, -0.2) is 0 Å². The topological polar surface area (TPSA) is 29.5 Å². The van der Waals surface area contributed by atoms with E-state index >= 15 is 0 Å². The molecule has 0 radical (unpaired) electrons. The van der Waals surface area contributed by atoms with Crippen molar-refractivity contribution in [1.29, 1.82) is 0 Å². The minimum absolute atomic E-state index is 0.0333. The largest absolute Gasteiger partial charge is 0.487 e. The molecule has 0 saturated carbocycles. The van der Waals surface area contributed by atoms with Gasteiger partial charge >= 0.3 is 0 Å². The summed E-state index contributed by atoms with van der Waals surface area (Å²) in [6, 6.07) is 8.07. The Balaban J connectivity index is 1.78. The van der Waals surface area contributed by atoms with Gasteiger partial charge in [-0.05, 0) is 18.1 Å². The third-order valence-corrected chi connectivity index (χ3v) is 3.45. The van der Waals surface area contributed by atoms with Crippen LogP contribution in [-0.4, -0.2) is 17.3 Å². The molecule has 0 spiro atoms. The molecule has 1 aromatic rings. The molecule has 2 atom stereocenters. The van der Waals surface area contributed by atoms with Gasteiger partial charge < -0.3 is 9.84 Å². The van der Waals surface area contributed by atoms with Crippen molar-refractivity contribution in [3.8, 4) is 5.75 Å². The summed E-state index contributed by atoms with van der Waals surface area (Å²) >= 11 is 0. The van der Waals surface area contributed by atoms with Crippen LogP contribution in [0.4, 0.5) is 0 Å². The Bertz CT molecular complexity index is 324. The average Bonchev–Trinajstić information content (AvgIpc) is 2.78. The van der Waals surface area contributed by atoms with Crippen molar-refractivity contribution in [2.75, 3.05) is 0 Å². The third-order valence-electron chi connectivity index (χ3n) is 3.45. The zero-order valence-corrected chi connectivity index (χ0v) is 10.6. The molecule has 2 rings (SSSR count). The van der Waals surface area contributed by atoms with Crippen LogP contribution in [0.2, 0.25) is 0 Å². The highest BCUT2D eigenvalue weighted by atomic mass is 16.5. The number of aliphatic hydroxyl groups excluding tert-OH is 1. The first-order valence-electron chi connectivity index (χ1n) is 6.74. The lowest BCUT2D eigenvalue weighted by molar-refractivity contribution is 0.0422. The van der Waals surface area contributed by atoms with Gasteiger partial charge in [0.25, 0.3) is 0 Å². The van der Waals surface area contributed by atoms with Gasteiger partial charge in [0.1, 0.15) is 11.9 Å². The Kier molecular flexibility index (Phi) is 4.43. The second-order valence-electron chi connectivity index (χ2n) is 4.88. The molecule has 1 aliphatic heterocycles. The molecule has 2 heteroatoms. The Labute approximate surface area is 104 Å².